The molecule has 2 nitrogen and oxygen atoms in total. The molecule has 1 aromatic rings. The largest absolute Gasteiger partial charge is 0.392 e. The molecule has 3 rings (SSSR count). The molecular formula is C17H23NO. The molecule has 0 bridgehead atoms. The molecular weight excluding hydrogens is 234 g/mol. The maximum absolute atomic E-state index is 9.08. The Morgan fingerprint density at radius 2 is 1.89 bits per heavy atom. The van der Waals surface area contributed by atoms with Crippen molar-refractivity contribution in [2.24, 2.45) is 0 Å². The van der Waals surface area contributed by atoms with Gasteiger partial charge in [0.1, 0.15) is 0 Å². The van der Waals surface area contributed by atoms with Gasteiger partial charge in [-0.2, -0.15) is 0 Å². The lowest BCUT2D eigenvalue weighted by atomic mass is 9.86. The number of aliphatic hydroxyl groups is 1. The lowest BCUT2D eigenvalue weighted by molar-refractivity contribution is 0.121. The third kappa shape index (κ3) is 2.90. The second kappa shape index (κ2) is 5.89. The summed E-state index contributed by atoms with van der Waals surface area (Å²) in [6.07, 6.45) is 9.05. The molecule has 2 aliphatic rings. The summed E-state index contributed by atoms with van der Waals surface area (Å²) in [5, 5.41) is 9.08. The first kappa shape index (κ1) is 12.9. The highest BCUT2D eigenvalue weighted by atomic mass is 16.3. The maximum atomic E-state index is 9.08. The molecule has 1 heterocycles. The van der Waals surface area contributed by atoms with Crippen molar-refractivity contribution in [3.05, 3.63) is 41.0 Å². The fourth-order valence-corrected chi connectivity index (χ4v) is 3.19. The molecule has 0 spiro atoms. The molecule has 2 fully saturated rings. The van der Waals surface area contributed by atoms with Crippen LogP contribution in [-0.2, 0) is 6.61 Å². The van der Waals surface area contributed by atoms with E-state index in [9.17, 15) is 0 Å². The zero-order chi connectivity index (χ0) is 13.1. The van der Waals surface area contributed by atoms with Crippen LogP contribution in [0, 0.1) is 0 Å². The number of benzene rings is 1. The number of hydrogen-bond acceptors (Lipinski definition) is 2. The van der Waals surface area contributed by atoms with Crippen LogP contribution in [0.5, 0.6) is 0 Å². The van der Waals surface area contributed by atoms with Crippen molar-refractivity contribution in [3.8, 4) is 0 Å². The van der Waals surface area contributed by atoms with Gasteiger partial charge < -0.3 is 5.11 Å². The van der Waals surface area contributed by atoms with E-state index < -0.39 is 0 Å². The van der Waals surface area contributed by atoms with E-state index in [1.807, 2.05) is 12.1 Å². The molecule has 1 atom stereocenters. The first-order chi connectivity index (χ1) is 9.36. The van der Waals surface area contributed by atoms with E-state index in [0.29, 0.717) is 6.04 Å². The van der Waals surface area contributed by atoms with Gasteiger partial charge >= 0.3 is 0 Å². The van der Waals surface area contributed by atoms with E-state index in [4.69, 9.17) is 5.11 Å². The minimum absolute atomic E-state index is 0.132. The quantitative estimate of drug-likeness (QED) is 0.898. The minimum Gasteiger partial charge on any atom is -0.392 e. The van der Waals surface area contributed by atoms with Crippen molar-refractivity contribution in [2.45, 2.75) is 44.8 Å². The number of hydrogen-bond donors (Lipinski definition) is 1. The third-order valence-corrected chi connectivity index (χ3v) is 4.47. The highest BCUT2D eigenvalue weighted by Gasteiger charge is 2.28. The van der Waals surface area contributed by atoms with E-state index in [1.165, 1.54) is 50.8 Å². The summed E-state index contributed by atoms with van der Waals surface area (Å²) in [5.41, 5.74) is 3.88. The summed E-state index contributed by atoms with van der Waals surface area (Å²) in [5.74, 6) is 0. The van der Waals surface area contributed by atoms with Gasteiger partial charge in [0, 0.05) is 6.04 Å². The molecule has 1 saturated carbocycles. The Bertz CT molecular complexity index is 445. The molecule has 1 aliphatic heterocycles. The van der Waals surface area contributed by atoms with Gasteiger partial charge in [-0.3, -0.25) is 4.90 Å². The molecule has 19 heavy (non-hydrogen) atoms. The lowest BCUT2D eigenvalue weighted by Gasteiger charge is -2.42. The Balaban J connectivity index is 1.78. The van der Waals surface area contributed by atoms with E-state index >= 15 is 0 Å². The Morgan fingerprint density at radius 1 is 1.11 bits per heavy atom. The highest BCUT2D eigenvalue weighted by Crippen LogP contribution is 2.31. The normalized spacial score (nSPS) is 26.4. The molecule has 102 valence electrons. The van der Waals surface area contributed by atoms with Gasteiger partial charge in [-0.15, -0.1) is 0 Å². The van der Waals surface area contributed by atoms with Gasteiger partial charge in [-0.05, 0) is 49.9 Å². The van der Waals surface area contributed by atoms with Crippen LogP contribution in [0.25, 0.3) is 6.08 Å². The second-order valence-electron chi connectivity index (χ2n) is 5.77. The minimum atomic E-state index is 0.132. The van der Waals surface area contributed by atoms with Crippen LogP contribution in [0.1, 0.15) is 43.2 Å². The van der Waals surface area contributed by atoms with E-state index in [0.717, 1.165) is 5.56 Å². The first-order valence-electron chi connectivity index (χ1n) is 7.51. The van der Waals surface area contributed by atoms with Gasteiger partial charge in [0.2, 0.25) is 0 Å². The third-order valence-electron chi connectivity index (χ3n) is 4.47. The van der Waals surface area contributed by atoms with Crippen molar-refractivity contribution < 1.29 is 5.11 Å². The van der Waals surface area contributed by atoms with Gasteiger partial charge in [-0.1, -0.05) is 42.3 Å². The van der Waals surface area contributed by atoms with Gasteiger partial charge in [0.15, 0.2) is 0 Å². The topological polar surface area (TPSA) is 23.5 Å². The monoisotopic (exact) mass is 257 g/mol. The average Bonchev–Trinajstić information content (AvgIpc) is 2.40. The van der Waals surface area contributed by atoms with Crippen molar-refractivity contribution >= 4 is 6.08 Å². The number of aliphatic hydroxyl groups excluding tert-OH is 1. The second-order valence-corrected chi connectivity index (χ2v) is 5.77. The highest BCUT2D eigenvalue weighted by molar-refractivity contribution is 5.55. The van der Waals surface area contributed by atoms with Gasteiger partial charge in [0.25, 0.3) is 0 Å². The molecule has 2 heteroatoms. The fourth-order valence-electron chi connectivity index (χ4n) is 3.19. The van der Waals surface area contributed by atoms with E-state index in [-0.39, 0.29) is 6.61 Å². The number of rotatable bonds is 3. The lowest BCUT2D eigenvalue weighted by Crippen LogP contribution is -2.46. The van der Waals surface area contributed by atoms with Crippen molar-refractivity contribution in [2.75, 3.05) is 13.1 Å². The van der Waals surface area contributed by atoms with E-state index in [2.05, 4.69) is 23.1 Å². The predicted octanol–water partition coefficient (Wildman–Crippen LogP) is 3.21. The van der Waals surface area contributed by atoms with Gasteiger partial charge in [0.05, 0.1) is 6.61 Å². The predicted molar refractivity (Wildman–Crippen MR) is 78.8 cm³/mol. The van der Waals surface area contributed by atoms with Crippen molar-refractivity contribution in [3.63, 3.8) is 0 Å². The molecule has 0 amide bonds. The van der Waals surface area contributed by atoms with Crippen LogP contribution >= 0.6 is 0 Å². The summed E-state index contributed by atoms with van der Waals surface area (Å²) >= 11 is 0. The van der Waals surface area contributed by atoms with Crippen molar-refractivity contribution in [1.82, 2.24) is 4.90 Å². The zero-order valence-corrected chi connectivity index (χ0v) is 11.5. The summed E-state index contributed by atoms with van der Waals surface area (Å²) in [6.45, 7) is 2.70. The molecule has 1 saturated heterocycles. The smallest absolute Gasteiger partial charge is 0.0681 e. The number of nitrogens with zero attached hydrogens (tertiary/aromatic N) is 1. The zero-order valence-electron chi connectivity index (χ0n) is 11.5. The van der Waals surface area contributed by atoms with E-state index in [1.54, 1.807) is 5.57 Å². The Morgan fingerprint density at radius 3 is 2.53 bits per heavy atom. The summed E-state index contributed by atoms with van der Waals surface area (Å²) in [6, 6.07) is 8.99. The van der Waals surface area contributed by atoms with Crippen LogP contribution < -0.4 is 0 Å². The van der Waals surface area contributed by atoms with Crippen molar-refractivity contribution in [1.29, 1.82) is 0 Å². The Kier molecular flexibility index (Phi) is 4.00. The average molecular weight is 257 g/mol. The maximum Gasteiger partial charge on any atom is 0.0681 e. The van der Waals surface area contributed by atoms with Crippen LogP contribution in [0.15, 0.2) is 29.8 Å². The summed E-state index contributed by atoms with van der Waals surface area (Å²) in [4.78, 5) is 2.63. The van der Waals surface area contributed by atoms with Crippen LogP contribution in [0.2, 0.25) is 0 Å². The van der Waals surface area contributed by atoms with Crippen LogP contribution in [0.4, 0.5) is 0 Å². The van der Waals surface area contributed by atoms with Crippen LogP contribution in [-0.4, -0.2) is 29.1 Å². The van der Waals surface area contributed by atoms with Crippen LogP contribution in [0.3, 0.4) is 0 Å². The molecule has 0 aromatic heterocycles. The molecule has 1 unspecified atom stereocenters. The Labute approximate surface area is 115 Å². The molecule has 1 N–H and O–H groups in total. The first-order valence-corrected chi connectivity index (χ1v) is 7.51. The summed E-state index contributed by atoms with van der Waals surface area (Å²) < 4.78 is 0. The van der Waals surface area contributed by atoms with Gasteiger partial charge in [-0.25, -0.2) is 0 Å². The molecule has 1 aromatic carbocycles. The molecule has 0 radical (unpaired) electrons. The Hall–Kier alpha value is -1.12. The number of likely N-dealkylation sites (tertiary alicyclic amines) is 1. The summed E-state index contributed by atoms with van der Waals surface area (Å²) in [7, 11) is 0. The molecule has 1 aliphatic carbocycles. The fraction of sp³-hybridized carbons (Fsp3) is 0.529. The standard InChI is InChI=1S/C17H23NO/c19-13-15-8-6-14(7-9-15)12-16-4-1-2-5-17(16)18-10-3-11-18/h6-9,12,17,19H,1-5,10-11,13H2/b16-12+. The SMILES string of the molecule is OCc1ccc(/C=C2\CCCCC2N2CCC2)cc1.